The molecule has 0 aliphatic rings. The molecule has 0 radical (unpaired) electrons. The van der Waals surface area contributed by atoms with E-state index in [1.54, 1.807) is 0 Å². The Kier molecular flexibility index (Phi) is 50.1. The van der Waals surface area contributed by atoms with Crippen LogP contribution in [0.5, 0.6) is 0 Å². The zero-order valence-corrected chi connectivity index (χ0v) is 39.5. The number of unbranched alkanes of at least 4 members (excludes halogenated alkanes) is 31. The van der Waals surface area contributed by atoms with Crippen molar-refractivity contribution < 1.29 is 33.4 Å². The zero-order valence-electron chi connectivity index (χ0n) is 33.1. The van der Waals surface area contributed by atoms with Gasteiger partial charge in [-0.05, 0) is 12.8 Å². The van der Waals surface area contributed by atoms with Crippen LogP contribution >= 0.6 is 37.2 Å². The Morgan fingerprint density at radius 1 is 0.500 bits per heavy atom. The van der Waals surface area contributed by atoms with E-state index in [0.717, 1.165) is 32.1 Å². The van der Waals surface area contributed by atoms with E-state index in [-0.39, 0.29) is 12.5 Å². The van der Waals surface area contributed by atoms with Gasteiger partial charge in [-0.3, -0.25) is 4.79 Å². The fourth-order valence-electron chi connectivity index (χ4n) is 6.87. The summed E-state index contributed by atoms with van der Waals surface area (Å²) in [5.74, 6) is -0.140. The molecular weight excluding hydrogens is 963 g/mol. The van der Waals surface area contributed by atoms with E-state index in [4.69, 9.17) is 0 Å². The van der Waals surface area contributed by atoms with Crippen molar-refractivity contribution in [2.45, 2.75) is 257 Å². The number of aliphatic hydroxyl groups is 3. The van der Waals surface area contributed by atoms with Crippen molar-refractivity contribution in [3.05, 3.63) is 0 Å². The molecule has 0 aromatic rings. The molecule has 0 aliphatic heterocycles. The van der Waals surface area contributed by atoms with Gasteiger partial charge in [0, 0.05) is 6.42 Å². The Morgan fingerprint density at radius 2 is 0.760 bits per heavy atom. The molecule has 0 heterocycles. The minimum atomic E-state index is -1.13. The summed E-state index contributed by atoms with van der Waals surface area (Å²) in [7, 11) is 0. The van der Waals surface area contributed by atoms with Gasteiger partial charge in [0.1, 0.15) is 6.10 Å². The molecule has 0 bridgehead atoms. The number of amides is 1. The summed E-state index contributed by atoms with van der Waals surface area (Å²) in [5, 5.41) is 33.4. The molecule has 8 heteroatoms. The molecule has 0 saturated carbocycles. The van der Waals surface area contributed by atoms with Gasteiger partial charge < -0.3 is 20.6 Å². The number of rotatable bonds is 39. The summed E-state index contributed by atoms with van der Waals surface area (Å²) in [6, 6.07) is -0.801. The third-order valence-electron chi connectivity index (χ3n) is 10.2. The first-order valence-corrected chi connectivity index (χ1v) is 34.2. The van der Waals surface area contributed by atoms with Gasteiger partial charge in [-0.25, -0.2) is 0 Å². The monoisotopic (exact) mass is 1050 g/mol. The van der Waals surface area contributed by atoms with Gasteiger partial charge in [0.15, 0.2) is 0 Å². The Bertz CT molecular complexity index is 646. The van der Waals surface area contributed by atoms with E-state index in [9.17, 15) is 20.1 Å². The van der Waals surface area contributed by atoms with Crippen LogP contribution in [0.1, 0.15) is 239 Å². The van der Waals surface area contributed by atoms with E-state index in [1.165, 1.54) is 180 Å². The molecule has 0 rings (SSSR count). The minimum absolute atomic E-state index is 0.140. The van der Waals surface area contributed by atoms with Crippen molar-refractivity contribution >= 4 is 43.1 Å². The maximum atomic E-state index is 12.4. The van der Waals surface area contributed by atoms with Gasteiger partial charge >= 0.3 is 50.5 Å². The first-order chi connectivity index (χ1) is 24.5. The van der Waals surface area contributed by atoms with Crippen LogP contribution in [0.15, 0.2) is 0 Å². The van der Waals surface area contributed by atoms with Crippen LogP contribution in [0.2, 0.25) is 0 Å². The van der Waals surface area contributed by atoms with Crippen molar-refractivity contribution in [1.82, 2.24) is 5.32 Å². The standard InChI is InChI=1S/C42H85NO4.I3/c1-3-5-7-9-11-13-15-17-18-19-20-21-22-23-24-25-27-29-31-33-35-37-41(46)43-39(38-44)42(47)40(45)36-34-32-30-28-26-16-14-12-10-8-6-4-2;1-3-2/h39-40,42,44-45,47H,3-38H2,1-2H3,(H,43,46);/q;-1. The molecule has 0 fully saturated rings. The number of hydrogen-bond donors (Lipinski definition) is 4. The number of carbonyl (C=O) groups excluding carboxylic acids is 1. The molecule has 50 heavy (non-hydrogen) atoms. The molecule has 0 spiro atoms. The van der Waals surface area contributed by atoms with Gasteiger partial charge in [0.05, 0.1) is 18.8 Å². The first-order valence-electron chi connectivity index (χ1n) is 21.6. The van der Waals surface area contributed by atoms with Crippen LogP contribution in [0.25, 0.3) is 0 Å². The fraction of sp³-hybridized carbons (Fsp3) is 0.976. The van der Waals surface area contributed by atoms with E-state index >= 15 is 0 Å². The normalized spacial score (nSPS) is 13.2. The number of aliphatic hydroxyl groups excluding tert-OH is 3. The molecule has 0 saturated heterocycles. The maximum absolute atomic E-state index is 12.4. The van der Waals surface area contributed by atoms with E-state index < -0.39 is 18.2 Å². The third-order valence-corrected chi connectivity index (χ3v) is 10.2. The number of carbonyl (C=O) groups is 1. The molecule has 0 aromatic carbocycles. The average Bonchev–Trinajstić information content (AvgIpc) is 3.11. The quantitative estimate of drug-likeness (QED) is 0.0365. The van der Waals surface area contributed by atoms with Crippen LogP contribution in [-0.2, 0) is 4.79 Å². The molecule has 1 amide bonds. The number of nitrogens with one attached hydrogen (secondary N) is 1. The fourth-order valence-corrected chi connectivity index (χ4v) is 6.87. The summed E-state index contributed by atoms with van der Waals surface area (Å²) in [5.41, 5.74) is 0. The van der Waals surface area contributed by atoms with Gasteiger partial charge in [-0.2, -0.15) is 0 Å². The molecule has 0 aromatic heterocycles. The molecule has 3 unspecified atom stereocenters. The average molecular weight is 1050 g/mol. The van der Waals surface area contributed by atoms with Gasteiger partial charge in [-0.15, -0.1) is 0 Å². The van der Waals surface area contributed by atoms with Gasteiger partial charge in [0.2, 0.25) is 5.91 Å². The summed E-state index contributed by atoms with van der Waals surface area (Å²) in [6.45, 7) is 4.18. The Morgan fingerprint density at radius 3 is 1.04 bits per heavy atom. The van der Waals surface area contributed by atoms with Crippen molar-refractivity contribution in [1.29, 1.82) is 0 Å². The zero-order chi connectivity index (χ0) is 37.2. The van der Waals surface area contributed by atoms with Crippen LogP contribution in [0.3, 0.4) is 0 Å². The van der Waals surface area contributed by atoms with E-state index in [2.05, 4.69) is 56.4 Å². The van der Waals surface area contributed by atoms with Crippen molar-refractivity contribution in [3.63, 3.8) is 0 Å². The number of halogens is 3. The van der Waals surface area contributed by atoms with Gasteiger partial charge in [-0.1, -0.05) is 219 Å². The molecule has 4 N–H and O–H groups in total. The van der Waals surface area contributed by atoms with Crippen molar-refractivity contribution in [2.24, 2.45) is 0 Å². The first kappa shape index (κ1) is 53.6. The summed E-state index contributed by atoms with van der Waals surface area (Å²) < 4.78 is 0. The topological polar surface area (TPSA) is 89.8 Å². The Labute approximate surface area is 342 Å². The summed E-state index contributed by atoms with van der Waals surface area (Å²) in [6.07, 6.45) is 42.1. The van der Waals surface area contributed by atoms with Crippen LogP contribution in [-0.4, -0.2) is 46.1 Å². The Balaban J connectivity index is 0. The predicted molar refractivity (Wildman–Crippen MR) is 232 cm³/mol. The van der Waals surface area contributed by atoms with E-state index in [1.807, 2.05) is 0 Å². The number of hydrogen-bond acceptors (Lipinski definition) is 4. The van der Waals surface area contributed by atoms with Crippen LogP contribution in [0, 0.1) is 0 Å². The molecule has 5 nitrogen and oxygen atoms in total. The summed E-state index contributed by atoms with van der Waals surface area (Å²) in [4.78, 5) is 12.4. The van der Waals surface area contributed by atoms with E-state index in [0.29, 0.717) is 26.1 Å². The molecule has 0 aliphatic carbocycles. The molecule has 304 valence electrons. The third kappa shape index (κ3) is 42.3. The van der Waals surface area contributed by atoms with Gasteiger partial charge in [0.25, 0.3) is 0 Å². The predicted octanol–water partition coefficient (Wildman–Crippen LogP) is 10.7. The molecule has 3 atom stereocenters. The van der Waals surface area contributed by atoms with Crippen molar-refractivity contribution in [2.75, 3.05) is 6.61 Å². The van der Waals surface area contributed by atoms with Crippen molar-refractivity contribution in [3.8, 4) is 0 Å². The van der Waals surface area contributed by atoms with Crippen LogP contribution in [0.4, 0.5) is 0 Å². The van der Waals surface area contributed by atoms with Crippen LogP contribution < -0.4 is 18.6 Å². The Hall–Kier alpha value is 1.54. The second-order valence-electron chi connectivity index (χ2n) is 15.0. The second kappa shape index (κ2) is 46.7. The SMILES string of the molecule is CCCCCCCCCCCCCCCCCCCCCCCC(=O)NC(CO)C(O)C(O)CCCCCCCCCCCCCC.I[I-]I. The summed E-state index contributed by atoms with van der Waals surface area (Å²) >= 11 is 5.30. The molecular formula is C42H85I3NO4-. The second-order valence-corrected chi connectivity index (χ2v) is 31.2.